The van der Waals surface area contributed by atoms with Crippen molar-refractivity contribution in [3.8, 4) is 0 Å². The molecule has 0 radical (unpaired) electrons. The third-order valence-corrected chi connectivity index (χ3v) is 6.91. The summed E-state index contributed by atoms with van der Waals surface area (Å²) < 4.78 is 17.7. The Labute approximate surface area is 178 Å². The van der Waals surface area contributed by atoms with Gasteiger partial charge in [0.2, 0.25) is 0 Å². The van der Waals surface area contributed by atoms with Crippen molar-refractivity contribution in [3.05, 3.63) is 29.8 Å². The van der Waals surface area contributed by atoms with Crippen LogP contribution in [-0.2, 0) is 14.0 Å². The van der Waals surface area contributed by atoms with Crippen molar-refractivity contribution in [2.75, 3.05) is 26.2 Å². The van der Waals surface area contributed by atoms with Gasteiger partial charge >= 0.3 is 13.2 Å². The standard InChI is InChI=1S/C22H31BN2O5/c1-15-21(5)22(15,6)30-23(29-21)17-9-7-16(8-10-17)18(26)24-11-13-25(14-12-24)19(27)28-20(2,3)4/h7-10,15H,11-14H2,1-6H3. The zero-order valence-electron chi connectivity index (χ0n) is 18.7. The monoisotopic (exact) mass is 414 g/mol. The van der Waals surface area contributed by atoms with Crippen LogP contribution >= 0.6 is 0 Å². The molecule has 2 unspecified atom stereocenters. The average molecular weight is 414 g/mol. The predicted molar refractivity (Wildman–Crippen MR) is 114 cm³/mol. The second kappa shape index (κ2) is 6.99. The molecular weight excluding hydrogens is 383 g/mol. The van der Waals surface area contributed by atoms with Crippen molar-refractivity contribution in [2.24, 2.45) is 5.92 Å². The largest absolute Gasteiger partial charge is 0.494 e. The normalized spacial score (nSPS) is 30.9. The maximum Gasteiger partial charge on any atom is 0.494 e. The van der Waals surface area contributed by atoms with E-state index in [4.69, 9.17) is 14.0 Å². The molecule has 1 aromatic carbocycles. The molecule has 2 saturated heterocycles. The first-order chi connectivity index (χ1) is 13.9. The Balaban J connectivity index is 1.33. The van der Waals surface area contributed by atoms with Crippen LogP contribution in [0.4, 0.5) is 4.79 Å². The number of amides is 2. The number of ether oxygens (including phenoxy) is 1. The number of carbonyl (C=O) groups is 2. The lowest BCUT2D eigenvalue weighted by Gasteiger charge is -2.35. The molecule has 2 aliphatic heterocycles. The van der Waals surface area contributed by atoms with Crippen molar-refractivity contribution in [1.29, 1.82) is 0 Å². The Kier molecular flexibility index (Phi) is 4.94. The van der Waals surface area contributed by atoms with E-state index in [-0.39, 0.29) is 23.2 Å². The van der Waals surface area contributed by atoms with Gasteiger partial charge in [0, 0.05) is 37.7 Å². The van der Waals surface area contributed by atoms with Crippen LogP contribution in [0.1, 0.15) is 51.9 Å². The molecule has 0 N–H and O–H groups in total. The number of hydrogen-bond acceptors (Lipinski definition) is 5. The fourth-order valence-electron chi connectivity index (χ4n) is 4.41. The average Bonchev–Trinajstić information content (AvgIpc) is 2.95. The molecule has 1 saturated carbocycles. The molecule has 2 atom stereocenters. The lowest BCUT2D eigenvalue weighted by molar-refractivity contribution is 0.0141. The maximum atomic E-state index is 12.9. The number of fused-ring (bicyclic) bond motifs is 1. The van der Waals surface area contributed by atoms with Gasteiger partial charge in [-0.05, 0) is 52.2 Å². The van der Waals surface area contributed by atoms with E-state index in [1.165, 1.54) is 0 Å². The van der Waals surface area contributed by atoms with Gasteiger partial charge in [-0.2, -0.15) is 0 Å². The van der Waals surface area contributed by atoms with E-state index < -0.39 is 12.7 Å². The highest BCUT2D eigenvalue weighted by atomic mass is 16.7. The third-order valence-electron chi connectivity index (χ3n) is 6.91. The van der Waals surface area contributed by atoms with Crippen molar-refractivity contribution in [1.82, 2.24) is 9.80 Å². The van der Waals surface area contributed by atoms with Gasteiger partial charge in [-0.1, -0.05) is 19.1 Å². The van der Waals surface area contributed by atoms with Crippen LogP contribution in [0.3, 0.4) is 0 Å². The third kappa shape index (κ3) is 3.50. The first-order valence-corrected chi connectivity index (χ1v) is 10.7. The highest BCUT2D eigenvalue weighted by Gasteiger charge is 2.77. The molecule has 2 amide bonds. The fourth-order valence-corrected chi connectivity index (χ4v) is 4.41. The van der Waals surface area contributed by atoms with Gasteiger partial charge in [0.15, 0.2) is 0 Å². The molecular formula is C22H31BN2O5. The topological polar surface area (TPSA) is 68.3 Å². The quantitative estimate of drug-likeness (QED) is 0.695. The molecule has 2 heterocycles. The first-order valence-electron chi connectivity index (χ1n) is 10.7. The minimum absolute atomic E-state index is 0.0333. The van der Waals surface area contributed by atoms with Crippen molar-refractivity contribution in [2.45, 2.75) is 58.3 Å². The second-order valence-electron chi connectivity index (χ2n) is 9.89. The molecule has 4 rings (SSSR count). The predicted octanol–water partition coefficient (Wildman–Crippen LogP) is 2.29. The van der Waals surface area contributed by atoms with E-state index >= 15 is 0 Å². The summed E-state index contributed by atoms with van der Waals surface area (Å²) in [4.78, 5) is 28.5. The summed E-state index contributed by atoms with van der Waals surface area (Å²) in [5, 5.41) is 0. The van der Waals surface area contributed by atoms with Gasteiger partial charge < -0.3 is 23.8 Å². The van der Waals surface area contributed by atoms with Gasteiger partial charge in [0.05, 0.1) is 11.2 Å². The Morgan fingerprint density at radius 3 is 2.00 bits per heavy atom. The summed E-state index contributed by atoms with van der Waals surface area (Å²) >= 11 is 0. The van der Waals surface area contributed by atoms with E-state index in [1.807, 2.05) is 45.0 Å². The summed E-state index contributed by atoms with van der Waals surface area (Å²) in [5.74, 6) is 0.343. The number of hydrogen-bond donors (Lipinski definition) is 0. The summed E-state index contributed by atoms with van der Waals surface area (Å²) in [7, 11) is -0.391. The van der Waals surface area contributed by atoms with Crippen LogP contribution in [0, 0.1) is 5.92 Å². The van der Waals surface area contributed by atoms with Gasteiger partial charge in [0.1, 0.15) is 5.60 Å². The Hall–Kier alpha value is -2.06. The van der Waals surface area contributed by atoms with Crippen LogP contribution in [0.5, 0.6) is 0 Å². The van der Waals surface area contributed by atoms with E-state index in [0.29, 0.717) is 37.7 Å². The van der Waals surface area contributed by atoms with E-state index in [9.17, 15) is 9.59 Å². The zero-order chi connectivity index (χ0) is 21.9. The van der Waals surface area contributed by atoms with Crippen LogP contribution < -0.4 is 5.46 Å². The van der Waals surface area contributed by atoms with Crippen molar-refractivity contribution < 1.29 is 23.6 Å². The summed E-state index contributed by atoms with van der Waals surface area (Å²) in [5.41, 5.74) is 0.549. The number of rotatable bonds is 2. The lowest BCUT2D eigenvalue weighted by atomic mass is 9.78. The Bertz CT molecular complexity index is 828. The number of piperazine rings is 1. The molecule has 162 valence electrons. The van der Waals surface area contributed by atoms with Crippen LogP contribution in [0.2, 0.25) is 0 Å². The lowest BCUT2D eigenvalue weighted by Crippen LogP contribution is -2.51. The van der Waals surface area contributed by atoms with Crippen LogP contribution in [-0.4, -0.2) is 71.9 Å². The molecule has 1 aromatic rings. The van der Waals surface area contributed by atoms with E-state index in [2.05, 4.69) is 20.8 Å². The summed E-state index contributed by atoms with van der Waals surface area (Å²) in [6, 6.07) is 7.44. The molecule has 3 aliphatic rings. The van der Waals surface area contributed by atoms with Crippen molar-refractivity contribution in [3.63, 3.8) is 0 Å². The first kappa shape index (κ1) is 21.2. The minimum atomic E-state index is -0.522. The highest BCUT2D eigenvalue weighted by Crippen LogP contribution is 2.63. The number of carbonyl (C=O) groups excluding carboxylic acids is 2. The molecule has 0 spiro atoms. The fraction of sp³-hybridized carbons (Fsp3) is 0.636. The van der Waals surface area contributed by atoms with Gasteiger partial charge in [-0.3, -0.25) is 4.79 Å². The van der Waals surface area contributed by atoms with Gasteiger partial charge in [-0.25, -0.2) is 4.79 Å². The summed E-state index contributed by atoms with van der Waals surface area (Å²) in [6.45, 7) is 13.8. The van der Waals surface area contributed by atoms with Gasteiger partial charge in [0.25, 0.3) is 5.91 Å². The molecule has 8 heteroatoms. The molecule has 3 fully saturated rings. The number of nitrogens with zero attached hydrogens (tertiary/aromatic N) is 2. The molecule has 30 heavy (non-hydrogen) atoms. The highest BCUT2D eigenvalue weighted by molar-refractivity contribution is 6.62. The Morgan fingerprint density at radius 1 is 1.00 bits per heavy atom. The molecule has 0 bridgehead atoms. The molecule has 7 nitrogen and oxygen atoms in total. The minimum Gasteiger partial charge on any atom is -0.444 e. The zero-order valence-corrected chi connectivity index (χ0v) is 18.7. The van der Waals surface area contributed by atoms with Crippen LogP contribution in [0.15, 0.2) is 24.3 Å². The smallest absolute Gasteiger partial charge is 0.444 e. The van der Waals surface area contributed by atoms with E-state index in [1.54, 1.807) is 9.80 Å². The van der Waals surface area contributed by atoms with Crippen LogP contribution in [0.25, 0.3) is 0 Å². The van der Waals surface area contributed by atoms with E-state index in [0.717, 1.165) is 5.46 Å². The Morgan fingerprint density at radius 2 is 1.50 bits per heavy atom. The SMILES string of the molecule is CC1C2(C)OB(c3ccc(C(=O)N4CCN(C(=O)OC(C)(C)C)CC4)cc3)OC12C. The molecule has 1 aliphatic carbocycles. The number of benzene rings is 1. The van der Waals surface area contributed by atoms with Crippen molar-refractivity contribution >= 4 is 24.6 Å². The summed E-state index contributed by atoms with van der Waals surface area (Å²) in [6.07, 6.45) is -0.328. The second-order valence-corrected chi connectivity index (χ2v) is 9.89. The van der Waals surface area contributed by atoms with Gasteiger partial charge in [-0.15, -0.1) is 0 Å². The maximum absolute atomic E-state index is 12.9. The molecule has 0 aromatic heterocycles.